The number of halogens is 1. The lowest BCUT2D eigenvalue weighted by Gasteiger charge is -2.10. The van der Waals surface area contributed by atoms with Gasteiger partial charge >= 0.3 is 6.03 Å². The largest absolute Gasteiger partial charge is 0.483 e. The highest BCUT2D eigenvalue weighted by Gasteiger charge is 2.23. The number of nitrogens with one attached hydrogen (secondary N) is 3. The molecule has 2 aromatic carbocycles. The molecule has 8 heteroatoms. The smallest absolute Gasteiger partial charge is 0.326 e. The van der Waals surface area contributed by atoms with E-state index >= 15 is 0 Å². The number of carbonyl (C=O) groups excluding carboxylic acids is 3. The Hall–Kier alpha value is -3.68. The van der Waals surface area contributed by atoms with Gasteiger partial charge in [-0.3, -0.25) is 14.9 Å². The Morgan fingerprint density at radius 1 is 1.08 bits per heavy atom. The molecule has 7 nitrogen and oxygen atoms in total. The molecule has 1 aliphatic heterocycles. The van der Waals surface area contributed by atoms with E-state index in [4.69, 9.17) is 4.74 Å². The molecule has 2 aromatic rings. The molecule has 0 bridgehead atoms. The average molecular weight is 355 g/mol. The van der Waals surface area contributed by atoms with Crippen LogP contribution in [-0.2, 0) is 9.59 Å². The lowest BCUT2D eigenvalue weighted by atomic mass is 10.1. The van der Waals surface area contributed by atoms with E-state index in [2.05, 4.69) is 16.0 Å². The second-order valence-electron chi connectivity index (χ2n) is 5.35. The maximum atomic E-state index is 12.9. The Balaban J connectivity index is 1.66. The Labute approximate surface area is 147 Å². The molecule has 3 rings (SSSR count). The number of carbonyl (C=O) groups is 3. The molecule has 3 N–H and O–H groups in total. The van der Waals surface area contributed by atoms with Crippen molar-refractivity contribution in [2.24, 2.45) is 0 Å². The van der Waals surface area contributed by atoms with Crippen LogP contribution >= 0.6 is 0 Å². The highest BCUT2D eigenvalue weighted by Crippen LogP contribution is 2.21. The van der Waals surface area contributed by atoms with Gasteiger partial charge in [0.2, 0.25) is 0 Å². The Bertz CT molecular complexity index is 894. The Morgan fingerprint density at radius 2 is 1.81 bits per heavy atom. The summed E-state index contributed by atoms with van der Waals surface area (Å²) >= 11 is 0. The van der Waals surface area contributed by atoms with Crippen molar-refractivity contribution in [2.45, 2.75) is 0 Å². The molecule has 0 atom stereocenters. The summed E-state index contributed by atoms with van der Waals surface area (Å²) in [7, 11) is 0. The third-order valence-corrected chi connectivity index (χ3v) is 3.43. The quantitative estimate of drug-likeness (QED) is 0.565. The number of ether oxygens (including phenoxy) is 1. The Kier molecular flexibility index (Phi) is 4.93. The van der Waals surface area contributed by atoms with Crippen LogP contribution in [0.4, 0.5) is 14.9 Å². The van der Waals surface area contributed by atoms with Gasteiger partial charge in [0, 0.05) is 11.3 Å². The number of hydrogen-bond acceptors (Lipinski definition) is 4. The molecule has 1 saturated heterocycles. The zero-order valence-electron chi connectivity index (χ0n) is 13.4. The first-order valence-electron chi connectivity index (χ1n) is 7.62. The van der Waals surface area contributed by atoms with Gasteiger partial charge in [-0.2, -0.15) is 0 Å². The summed E-state index contributed by atoms with van der Waals surface area (Å²) in [4.78, 5) is 34.7. The number of benzene rings is 2. The molecule has 0 radical (unpaired) electrons. The van der Waals surface area contributed by atoms with Crippen LogP contribution in [0.2, 0.25) is 0 Å². The fourth-order valence-corrected chi connectivity index (χ4v) is 2.24. The number of anilines is 1. The van der Waals surface area contributed by atoms with E-state index in [1.807, 2.05) is 0 Å². The van der Waals surface area contributed by atoms with Crippen molar-refractivity contribution in [1.82, 2.24) is 10.6 Å². The molecule has 26 heavy (non-hydrogen) atoms. The Morgan fingerprint density at radius 3 is 2.50 bits per heavy atom. The zero-order valence-corrected chi connectivity index (χ0v) is 13.4. The van der Waals surface area contributed by atoms with E-state index < -0.39 is 23.7 Å². The van der Waals surface area contributed by atoms with Crippen molar-refractivity contribution >= 4 is 29.6 Å². The molecule has 1 heterocycles. The van der Waals surface area contributed by atoms with E-state index in [0.717, 1.165) is 0 Å². The van der Waals surface area contributed by atoms with E-state index in [1.54, 1.807) is 24.3 Å². The molecule has 0 aromatic heterocycles. The summed E-state index contributed by atoms with van der Waals surface area (Å²) < 4.78 is 18.4. The molecule has 4 amide bonds. The van der Waals surface area contributed by atoms with Crippen LogP contribution in [0.15, 0.2) is 54.2 Å². The van der Waals surface area contributed by atoms with E-state index in [0.29, 0.717) is 17.0 Å². The van der Waals surface area contributed by atoms with Gasteiger partial charge in [0.25, 0.3) is 11.8 Å². The van der Waals surface area contributed by atoms with Gasteiger partial charge in [0.1, 0.15) is 17.3 Å². The van der Waals surface area contributed by atoms with Gasteiger partial charge < -0.3 is 15.4 Å². The number of rotatable bonds is 5. The zero-order chi connectivity index (χ0) is 18.5. The van der Waals surface area contributed by atoms with E-state index in [1.165, 1.54) is 30.3 Å². The van der Waals surface area contributed by atoms with Gasteiger partial charge in [-0.15, -0.1) is 0 Å². The average Bonchev–Trinajstić information content (AvgIpc) is 2.93. The fraction of sp³-hybridized carbons (Fsp3) is 0.0556. The molecule has 132 valence electrons. The first-order valence-corrected chi connectivity index (χ1v) is 7.62. The number of urea groups is 1. The topological polar surface area (TPSA) is 96.5 Å². The van der Waals surface area contributed by atoms with Crippen molar-refractivity contribution < 1.29 is 23.5 Å². The van der Waals surface area contributed by atoms with Crippen LogP contribution in [-0.4, -0.2) is 24.5 Å². The van der Waals surface area contributed by atoms with Crippen molar-refractivity contribution in [1.29, 1.82) is 0 Å². The predicted molar refractivity (Wildman–Crippen MR) is 91.6 cm³/mol. The third kappa shape index (κ3) is 4.23. The lowest BCUT2D eigenvalue weighted by Crippen LogP contribution is -2.22. The maximum Gasteiger partial charge on any atom is 0.326 e. The van der Waals surface area contributed by atoms with Crippen molar-refractivity contribution in [3.8, 4) is 5.75 Å². The number of amides is 4. The molecule has 0 unspecified atom stereocenters. The van der Waals surface area contributed by atoms with E-state index in [9.17, 15) is 18.8 Å². The summed E-state index contributed by atoms with van der Waals surface area (Å²) in [5.74, 6) is -1.00. The molecule has 0 saturated carbocycles. The third-order valence-electron chi connectivity index (χ3n) is 3.43. The second kappa shape index (κ2) is 7.47. The number of hydrogen-bond donors (Lipinski definition) is 3. The summed E-state index contributed by atoms with van der Waals surface area (Å²) in [6.45, 7) is -0.282. The van der Waals surface area contributed by atoms with Crippen LogP contribution in [0.1, 0.15) is 5.56 Å². The van der Waals surface area contributed by atoms with Gasteiger partial charge in [0.05, 0.1) is 0 Å². The molecular weight excluding hydrogens is 341 g/mol. The molecule has 1 fully saturated rings. The monoisotopic (exact) mass is 355 g/mol. The maximum absolute atomic E-state index is 12.9. The molecular formula is C18H14FN3O4. The van der Waals surface area contributed by atoms with Crippen molar-refractivity contribution in [2.75, 3.05) is 11.9 Å². The van der Waals surface area contributed by atoms with Gasteiger partial charge in [0.15, 0.2) is 6.61 Å². The first-order chi connectivity index (χ1) is 12.5. The number of imide groups is 1. The minimum atomic E-state index is -0.599. The van der Waals surface area contributed by atoms with Gasteiger partial charge in [-0.05, 0) is 36.4 Å². The van der Waals surface area contributed by atoms with Crippen molar-refractivity contribution in [3.05, 3.63) is 65.6 Å². The normalized spacial score (nSPS) is 14.7. The summed E-state index contributed by atoms with van der Waals surface area (Å²) in [6.07, 6.45) is 1.45. The lowest BCUT2D eigenvalue weighted by molar-refractivity contribution is -0.118. The van der Waals surface area contributed by atoms with Gasteiger partial charge in [-0.25, -0.2) is 9.18 Å². The standard InChI is InChI=1S/C18H14FN3O4/c19-12-5-7-13(8-6-12)20-16(23)10-26-15-4-2-1-3-11(15)9-14-17(24)22-18(25)21-14/h1-9H,10H2,(H,20,23)(H2,21,22,24,25). The minimum absolute atomic E-state index is 0.0850. The SMILES string of the molecule is O=C(COc1ccccc1C=C1NC(=O)NC1=O)Nc1ccc(F)cc1. The van der Waals surface area contributed by atoms with Crippen LogP contribution in [0, 0.1) is 5.82 Å². The van der Waals surface area contributed by atoms with Crippen LogP contribution in [0.5, 0.6) is 5.75 Å². The fourth-order valence-electron chi connectivity index (χ4n) is 2.24. The van der Waals surface area contributed by atoms with E-state index in [-0.39, 0.29) is 12.3 Å². The summed E-state index contributed by atoms with van der Waals surface area (Å²) in [6, 6.07) is 11.5. The highest BCUT2D eigenvalue weighted by atomic mass is 19.1. The van der Waals surface area contributed by atoms with Crippen LogP contribution < -0.4 is 20.7 Å². The number of para-hydroxylation sites is 1. The first kappa shape index (κ1) is 17.2. The molecule has 1 aliphatic rings. The van der Waals surface area contributed by atoms with Crippen molar-refractivity contribution in [3.63, 3.8) is 0 Å². The molecule has 0 spiro atoms. The summed E-state index contributed by atoms with van der Waals surface area (Å²) in [5, 5.41) is 7.05. The predicted octanol–water partition coefficient (Wildman–Crippen LogP) is 2.02. The minimum Gasteiger partial charge on any atom is -0.483 e. The highest BCUT2D eigenvalue weighted by molar-refractivity contribution is 6.14. The molecule has 0 aliphatic carbocycles. The van der Waals surface area contributed by atoms with Gasteiger partial charge in [-0.1, -0.05) is 18.2 Å². The second-order valence-corrected chi connectivity index (χ2v) is 5.35. The van der Waals surface area contributed by atoms with Crippen LogP contribution in [0.3, 0.4) is 0 Å². The summed E-state index contributed by atoms with van der Waals surface area (Å²) in [5.41, 5.74) is 1.05. The van der Waals surface area contributed by atoms with Crippen LogP contribution in [0.25, 0.3) is 6.08 Å².